The minimum Gasteiger partial charge on any atom is -0.462 e. The number of nitrogens with zero attached hydrogens (tertiary/aromatic N) is 3. The highest BCUT2D eigenvalue weighted by Gasteiger charge is 2.23. The van der Waals surface area contributed by atoms with Gasteiger partial charge in [-0.15, -0.1) is 47.0 Å². The van der Waals surface area contributed by atoms with Gasteiger partial charge < -0.3 is 62.1 Å². The molecule has 0 saturated carbocycles. The summed E-state index contributed by atoms with van der Waals surface area (Å²) < 4.78 is 55.0. The first-order chi connectivity index (χ1) is 60.2. The fraction of sp³-hybridized carbons (Fsp3) is 0.896. The number of thioether (sulfide) groups is 5. The second-order valence-electron chi connectivity index (χ2n) is 32.9. The maximum atomic E-state index is 13.5. The predicted octanol–water partition coefficient (Wildman–Crippen LogP) is 21.4. The maximum Gasteiger partial charge on any atom is 0.318 e. The van der Waals surface area contributed by atoms with Crippen molar-refractivity contribution in [1.82, 2.24) is 14.7 Å². The molecule has 0 fully saturated rings. The molecule has 0 aromatic carbocycles. The monoisotopic (exact) mass is 1850 g/mol. The number of hydrogen-bond donors (Lipinski definition) is 0. The number of rotatable bonds is 93. The summed E-state index contributed by atoms with van der Waals surface area (Å²) in [6.07, 6.45) is 53.2. The van der Waals surface area contributed by atoms with E-state index >= 15 is 0 Å². The number of ether oxygens (including phenoxy) is 10. The van der Waals surface area contributed by atoms with E-state index in [1.165, 1.54) is 217 Å². The second-order valence-corrected chi connectivity index (χ2v) is 39.9. The molecule has 5 atom stereocenters. The van der Waals surface area contributed by atoms with Gasteiger partial charge in [0.25, 0.3) is 0 Å². The molecule has 0 aliphatic carbocycles. The summed E-state index contributed by atoms with van der Waals surface area (Å²) >= 11 is 7.65. The zero-order chi connectivity index (χ0) is 91.2. The molecule has 23 nitrogen and oxygen atoms in total. The molecule has 28 heteroatoms. The van der Waals surface area contributed by atoms with E-state index in [1.54, 1.807) is 60.2 Å². The van der Waals surface area contributed by atoms with E-state index in [0.29, 0.717) is 52.0 Å². The van der Waals surface area contributed by atoms with Gasteiger partial charge in [-0.25, -0.2) is 0 Å². The summed E-state index contributed by atoms with van der Waals surface area (Å²) in [6, 6.07) is 0. The summed E-state index contributed by atoms with van der Waals surface area (Å²) in [6.45, 7) is 20.3. The van der Waals surface area contributed by atoms with Gasteiger partial charge in [0.1, 0.15) is 66.1 Å². The number of carbonyl (C=O) groups is 10. The van der Waals surface area contributed by atoms with Crippen LogP contribution in [0, 0.1) is 0 Å². The van der Waals surface area contributed by atoms with Crippen LogP contribution < -0.4 is 0 Å². The molecule has 0 aliphatic rings. The van der Waals surface area contributed by atoms with E-state index < -0.39 is 35.8 Å². The van der Waals surface area contributed by atoms with Crippen LogP contribution in [0.4, 0.5) is 0 Å². The van der Waals surface area contributed by atoms with E-state index in [4.69, 9.17) is 47.4 Å². The molecule has 124 heavy (non-hydrogen) atoms. The van der Waals surface area contributed by atoms with Crippen LogP contribution in [0.3, 0.4) is 0 Å². The molecule has 0 aromatic rings. The first-order valence-electron chi connectivity index (χ1n) is 49.0. The van der Waals surface area contributed by atoms with Gasteiger partial charge in [0.15, 0.2) is 0 Å². The van der Waals surface area contributed by atoms with Crippen molar-refractivity contribution in [2.75, 3.05) is 154 Å². The first kappa shape index (κ1) is 120. The first-order valence-corrected chi connectivity index (χ1v) is 54.5. The molecule has 0 N–H and O–H groups in total. The van der Waals surface area contributed by atoms with E-state index in [2.05, 4.69) is 32.6 Å². The van der Waals surface area contributed by atoms with Gasteiger partial charge in [-0.1, -0.05) is 259 Å². The summed E-state index contributed by atoms with van der Waals surface area (Å²) in [5.41, 5.74) is 0. The molecule has 5 unspecified atom stereocenters. The molecule has 0 aromatic heterocycles. The van der Waals surface area contributed by atoms with Crippen LogP contribution in [-0.4, -0.2) is 255 Å². The van der Waals surface area contributed by atoms with Crippen molar-refractivity contribution in [3.63, 3.8) is 0 Å². The normalized spacial score (nSPS) is 12.7. The smallest absolute Gasteiger partial charge is 0.318 e. The van der Waals surface area contributed by atoms with Crippen LogP contribution in [0.15, 0.2) is 0 Å². The Morgan fingerprint density at radius 2 is 0.363 bits per heavy atom. The molecule has 0 heterocycles. The fourth-order valence-corrected chi connectivity index (χ4v) is 17.6. The average Bonchev–Trinajstić information content (AvgIpc) is 0.943. The number of carbonyl (C=O) groups excluding carboxylic acids is 10. The van der Waals surface area contributed by atoms with Crippen molar-refractivity contribution in [2.24, 2.45) is 0 Å². The van der Waals surface area contributed by atoms with Gasteiger partial charge in [-0.2, -0.15) is 11.8 Å². The van der Waals surface area contributed by atoms with Gasteiger partial charge in [0, 0.05) is 32.7 Å². The SMILES string of the molecule is CCCCCCCCCCCCSC(C)C(=O)OCCOC(=O)CCN(CCCCN(CCC(=O)OCCOC(=O)C(C)SC)CCC(=O)OCCOC(=O)C(C)SCCCCCCCCCCCC)CCCN(CCC(=O)OCCOC(=O)C(C)SCCCCCCCCCCCC)CCC(=O)OCCOC(=O)C(C)SCCCCCCCCCCCC. The molecule has 0 spiro atoms. The van der Waals surface area contributed by atoms with Crippen molar-refractivity contribution >= 4 is 119 Å². The lowest BCUT2D eigenvalue weighted by atomic mass is 10.1. The molecule has 0 amide bonds. The topological polar surface area (TPSA) is 273 Å². The van der Waals surface area contributed by atoms with Gasteiger partial charge in [-0.05, 0) is 135 Å². The Kier molecular flexibility index (Phi) is 87.2. The summed E-state index contributed by atoms with van der Waals surface area (Å²) in [4.78, 5) is 136. The standard InChI is InChI=1S/C96H177N3O20S5/c1-11-15-19-23-27-31-35-39-43-49-78-121-83(6)93(106)116-74-69-111-87(100)54-63-97(59-47-48-60-98(64-55-88(101)110-68-73-115-92(105)82(5)120-10)65-56-89(102)112-70-75-117-94(107)84(7)122-79-50-44-40-36-32-28-24-20-16-12-2)61-53-62-99(66-57-90(103)113-71-76-118-95(108)85(8)123-80-51-45-41-37-33-29-25-21-17-13-3)67-58-91(104)114-72-77-119-96(109)86(9)124-81-52-46-42-38-34-30-26-22-18-14-4/h82-86H,11-81H2,1-10H3. The largest absolute Gasteiger partial charge is 0.462 e. The number of hydrogen-bond acceptors (Lipinski definition) is 28. The molecular weight excluding hydrogens is 1680 g/mol. The Labute approximate surface area is 774 Å². The van der Waals surface area contributed by atoms with Crippen molar-refractivity contribution in [3.8, 4) is 0 Å². The zero-order valence-corrected chi connectivity index (χ0v) is 83.7. The third-order valence-electron chi connectivity index (χ3n) is 21.7. The van der Waals surface area contributed by atoms with Crippen molar-refractivity contribution in [3.05, 3.63) is 0 Å². The minimum atomic E-state index is -0.500. The van der Waals surface area contributed by atoms with E-state index in [9.17, 15) is 47.9 Å². The second kappa shape index (κ2) is 89.9. The lowest BCUT2D eigenvalue weighted by Crippen LogP contribution is -2.35. The number of unbranched alkanes of at least 4 members (excludes halogenated alkanes) is 37. The third-order valence-corrected chi connectivity index (χ3v) is 27.5. The molecule has 0 aliphatic heterocycles. The minimum absolute atomic E-state index is 0.00421. The van der Waals surface area contributed by atoms with Gasteiger partial charge in [-0.3, -0.25) is 47.9 Å². The van der Waals surface area contributed by atoms with Gasteiger partial charge in [0.05, 0.1) is 58.4 Å². The average molecular weight is 1850 g/mol. The highest BCUT2D eigenvalue weighted by Crippen LogP contribution is 2.23. The lowest BCUT2D eigenvalue weighted by Gasteiger charge is -2.26. The summed E-state index contributed by atoms with van der Waals surface area (Å²) in [7, 11) is 0. The summed E-state index contributed by atoms with van der Waals surface area (Å²) in [5.74, 6) is -0.785. The highest BCUT2D eigenvalue weighted by molar-refractivity contribution is 8.01. The third kappa shape index (κ3) is 79.3. The lowest BCUT2D eigenvalue weighted by molar-refractivity contribution is -0.152. The van der Waals surface area contributed by atoms with Crippen LogP contribution >= 0.6 is 58.8 Å². The van der Waals surface area contributed by atoms with Gasteiger partial charge in [0.2, 0.25) is 0 Å². The Hall–Kier alpha value is -3.67. The van der Waals surface area contributed by atoms with Crippen LogP contribution in [0.25, 0.3) is 0 Å². The van der Waals surface area contributed by atoms with E-state index in [0.717, 1.165) is 74.4 Å². The molecule has 0 bridgehead atoms. The van der Waals surface area contributed by atoms with Crippen molar-refractivity contribution < 1.29 is 95.3 Å². The quantitative estimate of drug-likeness (QED) is 0.0311. The highest BCUT2D eigenvalue weighted by atomic mass is 32.2. The van der Waals surface area contributed by atoms with Crippen LogP contribution in [0.1, 0.15) is 371 Å². The number of esters is 10. The molecule has 726 valence electrons. The van der Waals surface area contributed by atoms with Crippen LogP contribution in [0.2, 0.25) is 0 Å². The Bertz CT molecular complexity index is 2540. The molecule has 0 radical (unpaired) electrons. The van der Waals surface area contributed by atoms with Gasteiger partial charge >= 0.3 is 59.7 Å². The Morgan fingerprint density at radius 3 is 0.556 bits per heavy atom. The molecular formula is C96H177N3O20S5. The van der Waals surface area contributed by atoms with Crippen molar-refractivity contribution in [1.29, 1.82) is 0 Å². The maximum absolute atomic E-state index is 13.5. The van der Waals surface area contributed by atoms with Crippen molar-refractivity contribution in [2.45, 2.75) is 397 Å². The summed E-state index contributed by atoms with van der Waals surface area (Å²) in [5, 5.41) is -1.76. The van der Waals surface area contributed by atoms with E-state index in [1.807, 2.05) is 37.5 Å². The zero-order valence-electron chi connectivity index (χ0n) is 79.6. The van der Waals surface area contributed by atoms with Crippen LogP contribution in [0.5, 0.6) is 0 Å². The fourth-order valence-electron chi connectivity index (χ4n) is 13.6. The predicted molar refractivity (Wildman–Crippen MR) is 514 cm³/mol. The Balaban J connectivity index is 6.30. The molecule has 0 saturated heterocycles. The van der Waals surface area contributed by atoms with Crippen LogP contribution in [-0.2, 0) is 95.3 Å². The Morgan fingerprint density at radius 1 is 0.202 bits per heavy atom. The molecule has 0 rings (SSSR count). The van der Waals surface area contributed by atoms with E-state index in [-0.39, 0.29) is 174 Å².